The first-order valence-corrected chi connectivity index (χ1v) is 5.84. The lowest BCUT2D eigenvalue weighted by molar-refractivity contribution is -0.160. The second-order valence-corrected chi connectivity index (χ2v) is 5.04. The van der Waals surface area contributed by atoms with Gasteiger partial charge in [0.05, 0.1) is 0 Å². The molecule has 3 N–H and O–H groups in total. The summed E-state index contributed by atoms with van der Waals surface area (Å²) in [6, 6.07) is 0.00124. The minimum absolute atomic E-state index is 0.00124. The molecule has 0 spiro atoms. The van der Waals surface area contributed by atoms with Gasteiger partial charge in [-0.3, -0.25) is 0 Å². The van der Waals surface area contributed by atoms with Crippen LogP contribution in [0.3, 0.4) is 0 Å². The van der Waals surface area contributed by atoms with E-state index in [2.05, 4.69) is 5.16 Å². The van der Waals surface area contributed by atoms with Crippen molar-refractivity contribution in [3.8, 4) is 0 Å². The number of rotatable bonds is 6. The summed E-state index contributed by atoms with van der Waals surface area (Å²) < 4.78 is 38.2. The Labute approximate surface area is 106 Å². The summed E-state index contributed by atoms with van der Waals surface area (Å²) in [6.07, 6.45) is -3.72. The minimum Gasteiger partial charge on any atom is -0.409 e. The second-order valence-electron chi connectivity index (χ2n) is 5.04. The Morgan fingerprint density at radius 1 is 1.33 bits per heavy atom. The number of amidine groups is 1. The predicted octanol–water partition coefficient (Wildman–Crippen LogP) is 2.28. The highest BCUT2D eigenvalue weighted by Crippen LogP contribution is 2.27. The molecule has 0 aliphatic rings. The van der Waals surface area contributed by atoms with Crippen molar-refractivity contribution in [1.29, 1.82) is 0 Å². The van der Waals surface area contributed by atoms with Crippen molar-refractivity contribution in [2.45, 2.75) is 39.4 Å². The standard InChI is InChI=1S/C11H22F3N3O/c1-7(2)5-8(3)17(4)6-9(10(15)16-18)11(12,13)14/h7-9,18H,5-6H2,1-4H3,(H2,15,16). The summed E-state index contributed by atoms with van der Waals surface area (Å²) in [6.45, 7) is 5.57. The number of hydrogen-bond donors (Lipinski definition) is 2. The Kier molecular flexibility index (Phi) is 6.45. The lowest BCUT2D eigenvalue weighted by Gasteiger charge is -2.30. The highest BCUT2D eigenvalue weighted by Gasteiger charge is 2.43. The first-order chi connectivity index (χ1) is 8.09. The van der Waals surface area contributed by atoms with Crippen LogP contribution in [0.4, 0.5) is 13.2 Å². The van der Waals surface area contributed by atoms with Gasteiger partial charge in [0, 0.05) is 12.6 Å². The van der Waals surface area contributed by atoms with Crippen LogP contribution in [-0.4, -0.2) is 41.8 Å². The highest BCUT2D eigenvalue weighted by molar-refractivity contribution is 5.83. The zero-order chi connectivity index (χ0) is 14.5. The first kappa shape index (κ1) is 17.0. The van der Waals surface area contributed by atoms with Crippen LogP contribution in [0.25, 0.3) is 0 Å². The normalized spacial score (nSPS) is 17.3. The molecule has 0 saturated carbocycles. The van der Waals surface area contributed by atoms with E-state index in [0.717, 1.165) is 6.42 Å². The fourth-order valence-electron chi connectivity index (χ4n) is 1.76. The Bertz CT molecular complexity index is 279. The Morgan fingerprint density at radius 3 is 2.17 bits per heavy atom. The van der Waals surface area contributed by atoms with E-state index in [1.54, 1.807) is 11.9 Å². The van der Waals surface area contributed by atoms with Gasteiger partial charge in [-0.15, -0.1) is 0 Å². The molecule has 0 fully saturated rings. The highest BCUT2D eigenvalue weighted by atomic mass is 19.4. The monoisotopic (exact) mass is 269 g/mol. The summed E-state index contributed by atoms with van der Waals surface area (Å²) in [5.41, 5.74) is 5.11. The largest absolute Gasteiger partial charge is 0.409 e. The zero-order valence-corrected chi connectivity index (χ0v) is 11.2. The molecule has 2 unspecified atom stereocenters. The van der Waals surface area contributed by atoms with Crippen molar-refractivity contribution < 1.29 is 18.4 Å². The van der Waals surface area contributed by atoms with Crippen LogP contribution in [0.2, 0.25) is 0 Å². The number of nitrogens with zero attached hydrogens (tertiary/aromatic N) is 2. The summed E-state index contributed by atoms with van der Waals surface area (Å²) in [7, 11) is 1.61. The summed E-state index contributed by atoms with van der Waals surface area (Å²) >= 11 is 0. The van der Waals surface area contributed by atoms with Crippen LogP contribution in [0.5, 0.6) is 0 Å². The van der Waals surface area contributed by atoms with Crippen molar-refractivity contribution in [3.05, 3.63) is 0 Å². The van der Waals surface area contributed by atoms with Crippen LogP contribution >= 0.6 is 0 Å². The molecule has 0 amide bonds. The van der Waals surface area contributed by atoms with Gasteiger partial charge in [-0.05, 0) is 26.3 Å². The van der Waals surface area contributed by atoms with Gasteiger partial charge in [-0.1, -0.05) is 19.0 Å². The summed E-state index contributed by atoms with van der Waals surface area (Å²) in [5.74, 6) is -2.34. The van der Waals surface area contributed by atoms with Gasteiger partial charge in [0.25, 0.3) is 0 Å². The molecule has 0 saturated heterocycles. The number of halogens is 3. The lowest BCUT2D eigenvalue weighted by atomic mass is 10.0. The van der Waals surface area contributed by atoms with E-state index in [1.165, 1.54) is 0 Å². The molecule has 2 atom stereocenters. The molecule has 18 heavy (non-hydrogen) atoms. The Balaban J connectivity index is 4.69. The molecule has 0 aliphatic carbocycles. The number of oxime groups is 1. The fourth-order valence-corrected chi connectivity index (χ4v) is 1.76. The maximum absolute atomic E-state index is 12.7. The van der Waals surface area contributed by atoms with Gasteiger partial charge >= 0.3 is 6.18 Å². The van der Waals surface area contributed by atoms with Gasteiger partial charge in [0.15, 0.2) is 5.84 Å². The van der Waals surface area contributed by atoms with E-state index in [4.69, 9.17) is 10.9 Å². The molecule has 0 aromatic rings. The molecular formula is C11H22F3N3O. The van der Waals surface area contributed by atoms with Crippen LogP contribution in [0, 0.1) is 11.8 Å². The third-order valence-electron chi connectivity index (χ3n) is 2.90. The molecule has 0 aromatic carbocycles. The van der Waals surface area contributed by atoms with Gasteiger partial charge in [-0.25, -0.2) is 0 Å². The molecule has 0 bridgehead atoms. The van der Waals surface area contributed by atoms with E-state index in [0.29, 0.717) is 5.92 Å². The molecule has 0 heterocycles. The van der Waals surface area contributed by atoms with Crippen LogP contribution < -0.4 is 5.73 Å². The molecule has 108 valence electrons. The van der Waals surface area contributed by atoms with Crippen molar-refractivity contribution in [2.24, 2.45) is 22.7 Å². The Morgan fingerprint density at radius 2 is 1.83 bits per heavy atom. The van der Waals surface area contributed by atoms with Crippen molar-refractivity contribution in [2.75, 3.05) is 13.6 Å². The summed E-state index contributed by atoms with van der Waals surface area (Å²) in [5, 5.41) is 10.9. The maximum atomic E-state index is 12.7. The van der Waals surface area contributed by atoms with Crippen LogP contribution in [0.1, 0.15) is 27.2 Å². The number of hydrogen-bond acceptors (Lipinski definition) is 3. The van der Waals surface area contributed by atoms with E-state index >= 15 is 0 Å². The van der Waals surface area contributed by atoms with Crippen LogP contribution in [0.15, 0.2) is 5.16 Å². The van der Waals surface area contributed by atoms with Crippen molar-refractivity contribution in [1.82, 2.24) is 4.90 Å². The van der Waals surface area contributed by atoms with Crippen molar-refractivity contribution >= 4 is 5.84 Å². The van der Waals surface area contributed by atoms with Gasteiger partial charge in [-0.2, -0.15) is 13.2 Å². The van der Waals surface area contributed by atoms with E-state index < -0.39 is 17.9 Å². The quantitative estimate of drug-likeness (QED) is 0.336. The first-order valence-electron chi connectivity index (χ1n) is 5.84. The third-order valence-corrected chi connectivity index (χ3v) is 2.90. The van der Waals surface area contributed by atoms with Crippen LogP contribution in [-0.2, 0) is 0 Å². The topological polar surface area (TPSA) is 61.8 Å². The second kappa shape index (κ2) is 6.82. The number of alkyl halides is 3. The molecule has 7 heteroatoms. The maximum Gasteiger partial charge on any atom is 0.400 e. The zero-order valence-electron chi connectivity index (χ0n) is 11.2. The molecule has 0 aromatic heterocycles. The lowest BCUT2D eigenvalue weighted by Crippen LogP contribution is -2.45. The van der Waals surface area contributed by atoms with Gasteiger partial charge < -0.3 is 15.8 Å². The van der Waals surface area contributed by atoms with E-state index in [9.17, 15) is 13.2 Å². The SMILES string of the molecule is CC(C)CC(C)N(C)CC(C(N)=NO)C(F)(F)F. The molecule has 0 aliphatic heterocycles. The van der Waals surface area contributed by atoms with Gasteiger partial charge in [0.1, 0.15) is 5.92 Å². The number of nitrogens with two attached hydrogens (primary N) is 1. The molecule has 0 rings (SSSR count). The smallest absolute Gasteiger partial charge is 0.400 e. The van der Waals surface area contributed by atoms with Crippen molar-refractivity contribution in [3.63, 3.8) is 0 Å². The average molecular weight is 269 g/mol. The summed E-state index contributed by atoms with van der Waals surface area (Å²) in [4.78, 5) is 1.58. The Hall–Kier alpha value is -0.980. The molecule has 0 radical (unpaired) electrons. The average Bonchev–Trinajstić information content (AvgIpc) is 2.21. The fraction of sp³-hybridized carbons (Fsp3) is 0.909. The molecule has 4 nitrogen and oxygen atoms in total. The third kappa shape index (κ3) is 5.57. The minimum atomic E-state index is -4.51. The van der Waals surface area contributed by atoms with E-state index in [1.807, 2.05) is 20.8 Å². The predicted molar refractivity (Wildman–Crippen MR) is 64.5 cm³/mol. The van der Waals surface area contributed by atoms with E-state index in [-0.39, 0.29) is 12.6 Å². The van der Waals surface area contributed by atoms with Gasteiger partial charge in [0.2, 0.25) is 0 Å². The molecular weight excluding hydrogens is 247 g/mol.